The molecule has 0 rings (SSSR count). The Balaban J connectivity index is 3.64. The third kappa shape index (κ3) is 3.95. The van der Waals surface area contributed by atoms with Gasteiger partial charge in [-0.05, 0) is 0 Å². The number of hydrogen-bond donors (Lipinski definition) is 1. The van der Waals surface area contributed by atoms with Gasteiger partial charge in [0, 0.05) is 19.5 Å². The summed E-state index contributed by atoms with van der Waals surface area (Å²) in [6.07, 6.45) is 0. The molecule has 0 aromatic carbocycles. The molecule has 0 aromatic rings. The zero-order valence-corrected chi connectivity index (χ0v) is 7.33. The minimum atomic E-state index is 0.0396. The Morgan fingerprint density at radius 3 is 2.55 bits per heavy atom. The molecule has 11 heavy (non-hydrogen) atoms. The second kappa shape index (κ2) is 5.09. The monoisotopic (exact) mass is 160 g/mol. The molecule has 0 radical (unpaired) electrons. The molecular formula is C7H16N2O2. The van der Waals surface area contributed by atoms with E-state index in [1.165, 1.54) is 0 Å². The normalized spacial score (nSPS) is 10.3. The van der Waals surface area contributed by atoms with Crippen molar-refractivity contribution in [3.05, 3.63) is 0 Å². The number of amides is 1. The minimum Gasteiger partial charge on any atom is -0.343 e. The molecule has 0 aliphatic rings. The molecule has 4 nitrogen and oxygen atoms in total. The predicted octanol–water partition coefficient (Wildman–Crippen LogP) is -0.00890. The molecule has 0 aromatic heterocycles. The molecular weight excluding hydrogens is 144 g/mol. The molecule has 2 N–H and O–H groups in total. The van der Waals surface area contributed by atoms with Crippen LogP contribution in [0.1, 0.15) is 13.8 Å². The highest BCUT2D eigenvalue weighted by atomic mass is 16.6. The fourth-order valence-electron chi connectivity index (χ4n) is 0.741. The summed E-state index contributed by atoms with van der Waals surface area (Å²) in [6, 6.07) is 0. The van der Waals surface area contributed by atoms with Gasteiger partial charge in [0.2, 0.25) is 5.91 Å². The first-order valence-corrected chi connectivity index (χ1v) is 3.66. The van der Waals surface area contributed by atoms with Crippen LogP contribution in [0.4, 0.5) is 0 Å². The maximum Gasteiger partial charge on any atom is 0.224 e. The summed E-state index contributed by atoms with van der Waals surface area (Å²) >= 11 is 0. The number of rotatable bonds is 4. The first-order valence-electron chi connectivity index (χ1n) is 3.66. The van der Waals surface area contributed by atoms with Gasteiger partial charge in [-0.3, -0.25) is 4.79 Å². The molecule has 0 atom stereocenters. The first kappa shape index (κ1) is 10.4. The van der Waals surface area contributed by atoms with Crippen LogP contribution in [-0.2, 0) is 9.63 Å². The van der Waals surface area contributed by atoms with Crippen LogP contribution in [-0.4, -0.2) is 31.0 Å². The van der Waals surface area contributed by atoms with Gasteiger partial charge in [0.15, 0.2) is 0 Å². The van der Waals surface area contributed by atoms with E-state index in [9.17, 15) is 4.79 Å². The van der Waals surface area contributed by atoms with Gasteiger partial charge in [-0.25, -0.2) is 5.90 Å². The van der Waals surface area contributed by atoms with Crippen molar-refractivity contribution in [1.29, 1.82) is 0 Å². The van der Waals surface area contributed by atoms with Crippen molar-refractivity contribution in [2.24, 2.45) is 11.8 Å². The van der Waals surface area contributed by atoms with Crippen LogP contribution < -0.4 is 5.90 Å². The van der Waals surface area contributed by atoms with Crippen molar-refractivity contribution in [3.8, 4) is 0 Å². The maximum atomic E-state index is 11.2. The molecule has 0 saturated carbocycles. The van der Waals surface area contributed by atoms with E-state index in [4.69, 9.17) is 5.90 Å². The summed E-state index contributed by atoms with van der Waals surface area (Å²) in [7, 11) is 1.74. The quantitative estimate of drug-likeness (QED) is 0.588. The van der Waals surface area contributed by atoms with E-state index in [0.29, 0.717) is 13.2 Å². The maximum absolute atomic E-state index is 11.2. The molecule has 0 spiro atoms. The van der Waals surface area contributed by atoms with Crippen LogP contribution in [0, 0.1) is 5.92 Å². The standard InChI is InChI=1S/C7H16N2O2/c1-6(2)7(10)9(3)4-5-11-8/h6H,4-5,8H2,1-3H3. The molecule has 0 fully saturated rings. The lowest BCUT2D eigenvalue weighted by molar-refractivity contribution is -0.133. The summed E-state index contributed by atoms with van der Waals surface area (Å²) in [4.78, 5) is 17.1. The van der Waals surface area contributed by atoms with Crippen molar-refractivity contribution in [3.63, 3.8) is 0 Å². The second-order valence-electron chi connectivity index (χ2n) is 2.79. The van der Waals surface area contributed by atoms with E-state index in [2.05, 4.69) is 4.84 Å². The molecule has 0 heterocycles. The Kier molecular flexibility index (Phi) is 4.81. The van der Waals surface area contributed by atoms with Crippen molar-refractivity contribution < 1.29 is 9.63 Å². The van der Waals surface area contributed by atoms with Gasteiger partial charge in [0.1, 0.15) is 0 Å². The summed E-state index contributed by atoms with van der Waals surface area (Å²) < 4.78 is 0. The average molecular weight is 160 g/mol. The highest BCUT2D eigenvalue weighted by Gasteiger charge is 2.11. The number of hydrogen-bond acceptors (Lipinski definition) is 3. The van der Waals surface area contributed by atoms with Gasteiger partial charge < -0.3 is 9.74 Å². The Labute approximate surface area is 67.3 Å². The molecule has 0 aliphatic heterocycles. The third-order valence-corrected chi connectivity index (χ3v) is 1.41. The van der Waals surface area contributed by atoms with Crippen LogP contribution in [0.5, 0.6) is 0 Å². The predicted molar refractivity (Wildman–Crippen MR) is 42.6 cm³/mol. The Morgan fingerprint density at radius 2 is 2.18 bits per heavy atom. The lowest BCUT2D eigenvalue weighted by Crippen LogP contribution is -2.33. The van der Waals surface area contributed by atoms with Crippen molar-refractivity contribution in [2.75, 3.05) is 20.2 Å². The SMILES string of the molecule is CC(C)C(=O)N(C)CCON. The molecule has 0 unspecified atom stereocenters. The van der Waals surface area contributed by atoms with Gasteiger partial charge in [0.05, 0.1) is 6.61 Å². The smallest absolute Gasteiger partial charge is 0.224 e. The highest BCUT2D eigenvalue weighted by Crippen LogP contribution is 1.97. The van der Waals surface area contributed by atoms with Crippen LogP contribution >= 0.6 is 0 Å². The lowest BCUT2D eigenvalue weighted by Gasteiger charge is -2.18. The van der Waals surface area contributed by atoms with Crippen LogP contribution in [0.3, 0.4) is 0 Å². The molecule has 0 aliphatic carbocycles. The fraction of sp³-hybridized carbons (Fsp3) is 0.857. The molecule has 4 heteroatoms. The molecule has 0 bridgehead atoms. The van der Waals surface area contributed by atoms with Crippen LogP contribution in [0.2, 0.25) is 0 Å². The lowest BCUT2D eigenvalue weighted by atomic mass is 10.2. The van der Waals surface area contributed by atoms with Crippen molar-refractivity contribution >= 4 is 5.91 Å². The van der Waals surface area contributed by atoms with Crippen molar-refractivity contribution in [2.45, 2.75) is 13.8 Å². The Morgan fingerprint density at radius 1 is 1.64 bits per heavy atom. The largest absolute Gasteiger partial charge is 0.343 e. The number of nitrogens with zero attached hydrogens (tertiary/aromatic N) is 1. The topological polar surface area (TPSA) is 55.6 Å². The molecule has 66 valence electrons. The number of likely N-dealkylation sites (N-methyl/N-ethyl adjacent to an activating group) is 1. The van der Waals surface area contributed by atoms with Gasteiger partial charge in [0.25, 0.3) is 0 Å². The van der Waals surface area contributed by atoms with E-state index in [1.54, 1.807) is 11.9 Å². The first-order chi connectivity index (χ1) is 5.09. The summed E-state index contributed by atoms with van der Waals surface area (Å²) in [5.41, 5.74) is 0. The number of carbonyl (C=O) groups excluding carboxylic acids is 1. The van der Waals surface area contributed by atoms with E-state index >= 15 is 0 Å². The van der Waals surface area contributed by atoms with Gasteiger partial charge in [-0.1, -0.05) is 13.8 Å². The third-order valence-electron chi connectivity index (χ3n) is 1.41. The van der Waals surface area contributed by atoms with Crippen molar-refractivity contribution in [1.82, 2.24) is 4.90 Å². The second-order valence-corrected chi connectivity index (χ2v) is 2.79. The molecule has 0 saturated heterocycles. The number of carbonyl (C=O) groups is 1. The van der Waals surface area contributed by atoms with E-state index in [-0.39, 0.29) is 11.8 Å². The van der Waals surface area contributed by atoms with E-state index in [0.717, 1.165) is 0 Å². The zero-order valence-electron chi connectivity index (χ0n) is 7.33. The van der Waals surface area contributed by atoms with E-state index in [1.807, 2.05) is 13.8 Å². The summed E-state index contributed by atoms with van der Waals surface area (Å²) in [5, 5.41) is 0. The zero-order chi connectivity index (χ0) is 8.85. The van der Waals surface area contributed by atoms with Crippen LogP contribution in [0.15, 0.2) is 0 Å². The highest BCUT2D eigenvalue weighted by molar-refractivity contribution is 5.77. The molecule has 1 amide bonds. The van der Waals surface area contributed by atoms with Gasteiger partial charge in [-0.15, -0.1) is 0 Å². The minimum absolute atomic E-state index is 0.0396. The number of nitrogens with two attached hydrogens (primary N) is 1. The Bertz CT molecular complexity index is 126. The Hall–Kier alpha value is -0.610. The summed E-state index contributed by atoms with van der Waals surface area (Å²) in [6.45, 7) is 4.66. The van der Waals surface area contributed by atoms with E-state index < -0.39 is 0 Å². The van der Waals surface area contributed by atoms with Gasteiger partial charge >= 0.3 is 0 Å². The van der Waals surface area contributed by atoms with Gasteiger partial charge in [-0.2, -0.15) is 0 Å². The average Bonchev–Trinajstić information content (AvgIpc) is 1.98. The fourth-order valence-corrected chi connectivity index (χ4v) is 0.741. The van der Waals surface area contributed by atoms with Crippen LogP contribution in [0.25, 0.3) is 0 Å². The summed E-state index contributed by atoms with van der Waals surface area (Å²) in [5.74, 6) is 4.97.